The minimum Gasteiger partial charge on any atom is -0.370 e. The molecule has 0 saturated carbocycles. The number of anilines is 2. The molecule has 0 aliphatic rings. The van der Waals surface area contributed by atoms with Gasteiger partial charge < -0.3 is 4.90 Å². The van der Waals surface area contributed by atoms with E-state index < -0.39 is 16.0 Å². The third-order valence-corrected chi connectivity index (χ3v) is 2.88. The van der Waals surface area contributed by atoms with Gasteiger partial charge in [0.1, 0.15) is 5.82 Å². The van der Waals surface area contributed by atoms with Gasteiger partial charge in [0.15, 0.2) is 0 Å². The molecule has 0 heterocycles. The SMILES string of the molecule is CC(C)N(C)c1ccc(NS(N)(=O)=O)cc1F. The van der Waals surface area contributed by atoms with Gasteiger partial charge in [0, 0.05) is 19.2 Å². The maximum absolute atomic E-state index is 13.7. The summed E-state index contributed by atoms with van der Waals surface area (Å²) in [7, 11) is -2.11. The fraction of sp³-hybridized carbons (Fsp3) is 0.400. The van der Waals surface area contributed by atoms with Crippen LogP contribution in [0.15, 0.2) is 18.2 Å². The number of benzene rings is 1. The minimum atomic E-state index is -3.87. The summed E-state index contributed by atoms with van der Waals surface area (Å²) in [5.74, 6) is -0.505. The first-order valence-corrected chi connectivity index (χ1v) is 6.58. The van der Waals surface area contributed by atoms with E-state index in [1.807, 2.05) is 18.6 Å². The molecule has 3 N–H and O–H groups in total. The molecule has 0 atom stereocenters. The molecule has 0 spiro atoms. The van der Waals surface area contributed by atoms with Crippen LogP contribution in [-0.4, -0.2) is 21.5 Å². The highest BCUT2D eigenvalue weighted by atomic mass is 32.2. The second-order valence-electron chi connectivity index (χ2n) is 4.02. The van der Waals surface area contributed by atoms with Crippen LogP contribution in [-0.2, 0) is 10.2 Å². The number of hydrogen-bond donors (Lipinski definition) is 2. The normalized spacial score (nSPS) is 11.6. The second-order valence-corrected chi connectivity index (χ2v) is 5.31. The van der Waals surface area contributed by atoms with Crippen molar-refractivity contribution in [3.8, 4) is 0 Å². The first-order valence-electron chi connectivity index (χ1n) is 5.03. The molecule has 0 bridgehead atoms. The third kappa shape index (κ3) is 3.86. The molecule has 17 heavy (non-hydrogen) atoms. The van der Waals surface area contributed by atoms with Crippen LogP contribution in [0.25, 0.3) is 0 Å². The molecule has 0 aromatic heterocycles. The molecule has 0 aliphatic heterocycles. The summed E-state index contributed by atoms with van der Waals surface area (Å²) < 4.78 is 37.3. The molecular weight excluding hydrogens is 245 g/mol. The average molecular weight is 261 g/mol. The van der Waals surface area contributed by atoms with Crippen molar-refractivity contribution in [2.24, 2.45) is 5.14 Å². The quantitative estimate of drug-likeness (QED) is 0.857. The Hall–Kier alpha value is -1.34. The molecule has 96 valence electrons. The monoisotopic (exact) mass is 261 g/mol. The Labute approximate surface area is 101 Å². The van der Waals surface area contributed by atoms with Crippen molar-refractivity contribution in [2.45, 2.75) is 19.9 Å². The Balaban J connectivity index is 3.02. The molecule has 0 amide bonds. The van der Waals surface area contributed by atoms with Crippen LogP contribution < -0.4 is 14.8 Å². The third-order valence-electron chi connectivity index (χ3n) is 2.36. The molecule has 5 nitrogen and oxygen atoms in total. The fourth-order valence-electron chi connectivity index (χ4n) is 1.30. The van der Waals surface area contributed by atoms with E-state index in [4.69, 9.17) is 5.14 Å². The van der Waals surface area contributed by atoms with Gasteiger partial charge in [0.25, 0.3) is 10.2 Å². The van der Waals surface area contributed by atoms with E-state index in [1.54, 1.807) is 11.9 Å². The molecule has 0 saturated heterocycles. The largest absolute Gasteiger partial charge is 0.370 e. The summed E-state index contributed by atoms with van der Waals surface area (Å²) in [5, 5.41) is 4.79. The van der Waals surface area contributed by atoms with Gasteiger partial charge >= 0.3 is 0 Å². The van der Waals surface area contributed by atoms with Gasteiger partial charge in [-0.25, -0.2) is 9.53 Å². The molecular formula is C10H16FN3O2S. The van der Waals surface area contributed by atoms with Gasteiger partial charge in [-0.15, -0.1) is 0 Å². The van der Waals surface area contributed by atoms with Crippen LogP contribution in [0.5, 0.6) is 0 Å². The molecule has 7 heteroatoms. The van der Waals surface area contributed by atoms with E-state index in [-0.39, 0.29) is 11.7 Å². The number of halogens is 1. The van der Waals surface area contributed by atoms with Crippen LogP contribution in [0.1, 0.15) is 13.8 Å². The van der Waals surface area contributed by atoms with Crippen LogP contribution in [0, 0.1) is 5.82 Å². The molecule has 1 aromatic carbocycles. The summed E-state index contributed by atoms with van der Waals surface area (Å²) in [6, 6.07) is 4.20. The van der Waals surface area contributed by atoms with Crippen LogP contribution in [0.3, 0.4) is 0 Å². The second kappa shape index (κ2) is 4.89. The first kappa shape index (κ1) is 13.7. The van der Waals surface area contributed by atoms with Gasteiger partial charge in [-0.1, -0.05) is 0 Å². The highest BCUT2D eigenvalue weighted by Gasteiger charge is 2.12. The Morgan fingerprint density at radius 1 is 1.41 bits per heavy atom. The van der Waals surface area contributed by atoms with Gasteiger partial charge in [-0.05, 0) is 26.0 Å². The lowest BCUT2D eigenvalue weighted by molar-refractivity contribution is 0.602. The summed E-state index contributed by atoms with van der Waals surface area (Å²) >= 11 is 0. The molecule has 0 aliphatic carbocycles. The average Bonchev–Trinajstić information content (AvgIpc) is 2.14. The van der Waals surface area contributed by atoms with E-state index in [0.717, 1.165) is 6.07 Å². The topological polar surface area (TPSA) is 75.4 Å². The minimum absolute atomic E-state index is 0.103. The lowest BCUT2D eigenvalue weighted by atomic mass is 10.2. The maximum atomic E-state index is 13.7. The van der Waals surface area contributed by atoms with Crippen molar-refractivity contribution >= 4 is 21.6 Å². The summed E-state index contributed by atoms with van der Waals surface area (Å²) in [4.78, 5) is 1.75. The van der Waals surface area contributed by atoms with Crippen molar-refractivity contribution in [2.75, 3.05) is 16.7 Å². The van der Waals surface area contributed by atoms with Crippen molar-refractivity contribution in [1.29, 1.82) is 0 Å². The Kier molecular flexibility index (Phi) is 3.94. The first-order chi connectivity index (χ1) is 7.70. The molecule has 0 fully saturated rings. The highest BCUT2D eigenvalue weighted by molar-refractivity contribution is 7.90. The summed E-state index contributed by atoms with van der Waals surface area (Å²) in [6.45, 7) is 3.85. The zero-order valence-electron chi connectivity index (χ0n) is 9.94. The van der Waals surface area contributed by atoms with Crippen LogP contribution >= 0.6 is 0 Å². The lowest BCUT2D eigenvalue weighted by Crippen LogP contribution is -2.26. The number of nitrogens with zero attached hydrogens (tertiary/aromatic N) is 1. The van der Waals surface area contributed by atoms with Crippen LogP contribution in [0.2, 0.25) is 0 Å². The van der Waals surface area contributed by atoms with E-state index >= 15 is 0 Å². The number of nitrogens with one attached hydrogen (secondary N) is 1. The Bertz CT molecular complexity index is 502. The number of hydrogen-bond acceptors (Lipinski definition) is 3. The maximum Gasteiger partial charge on any atom is 0.296 e. The lowest BCUT2D eigenvalue weighted by Gasteiger charge is -2.24. The standard InChI is InChI=1S/C10H16FN3O2S/c1-7(2)14(3)10-5-4-8(6-9(10)11)13-17(12,15)16/h4-7,13H,1-3H3,(H2,12,15,16). The van der Waals surface area contributed by atoms with Crippen molar-refractivity contribution < 1.29 is 12.8 Å². The zero-order valence-corrected chi connectivity index (χ0v) is 10.8. The number of rotatable bonds is 4. The van der Waals surface area contributed by atoms with Crippen molar-refractivity contribution in [3.05, 3.63) is 24.0 Å². The zero-order chi connectivity index (χ0) is 13.2. The Morgan fingerprint density at radius 3 is 2.41 bits per heavy atom. The molecule has 1 rings (SSSR count). The fourth-order valence-corrected chi connectivity index (χ4v) is 1.75. The van der Waals surface area contributed by atoms with Gasteiger partial charge in [0.05, 0.1) is 11.4 Å². The van der Waals surface area contributed by atoms with Crippen LogP contribution in [0.4, 0.5) is 15.8 Å². The summed E-state index contributed by atoms with van der Waals surface area (Å²) in [5.41, 5.74) is 0.505. The Morgan fingerprint density at radius 2 is 2.00 bits per heavy atom. The van der Waals surface area contributed by atoms with Gasteiger partial charge in [0.2, 0.25) is 0 Å². The molecule has 0 radical (unpaired) electrons. The van der Waals surface area contributed by atoms with Crippen molar-refractivity contribution in [1.82, 2.24) is 0 Å². The number of nitrogens with two attached hydrogens (primary N) is 1. The van der Waals surface area contributed by atoms with E-state index in [2.05, 4.69) is 0 Å². The van der Waals surface area contributed by atoms with E-state index in [9.17, 15) is 12.8 Å². The summed E-state index contributed by atoms with van der Waals surface area (Å²) in [6.07, 6.45) is 0. The predicted octanol–water partition coefficient (Wildman–Crippen LogP) is 1.29. The highest BCUT2D eigenvalue weighted by Crippen LogP contribution is 2.23. The van der Waals surface area contributed by atoms with Gasteiger partial charge in [-0.3, -0.25) is 4.72 Å². The van der Waals surface area contributed by atoms with E-state index in [0.29, 0.717) is 5.69 Å². The molecule has 1 aromatic rings. The predicted molar refractivity (Wildman–Crippen MR) is 66.7 cm³/mol. The molecule has 0 unspecified atom stereocenters. The van der Waals surface area contributed by atoms with E-state index in [1.165, 1.54) is 12.1 Å². The smallest absolute Gasteiger partial charge is 0.296 e. The van der Waals surface area contributed by atoms with Crippen molar-refractivity contribution in [3.63, 3.8) is 0 Å². The van der Waals surface area contributed by atoms with Gasteiger partial charge in [-0.2, -0.15) is 8.42 Å².